The fourth-order valence-corrected chi connectivity index (χ4v) is 1.92. The van der Waals surface area contributed by atoms with Gasteiger partial charge in [-0.1, -0.05) is 19.9 Å². The number of nitrogens with one attached hydrogen (secondary N) is 2. The summed E-state index contributed by atoms with van der Waals surface area (Å²) >= 11 is 5.53. The molecule has 0 fully saturated rings. The van der Waals surface area contributed by atoms with Gasteiger partial charge in [0, 0.05) is 11.4 Å². The maximum atomic E-state index is 11.8. The van der Waals surface area contributed by atoms with Gasteiger partial charge in [0.1, 0.15) is 11.5 Å². The second-order valence-electron chi connectivity index (χ2n) is 6.27. The minimum absolute atomic E-state index is 0.124. The Balaban J connectivity index is 2.96. The summed E-state index contributed by atoms with van der Waals surface area (Å²) in [6, 6.07) is 5.33. The van der Waals surface area contributed by atoms with Crippen LogP contribution in [0, 0.1) is 0 Å². The molecule has 0 aliphatic carbocycles. The molecule has 122 valence electrons. The Bertz CT molecular complexity index is 551. The second-order valence-corrected chi connectivity index (χ2v) is 6.53. The molecule has 2 amide bonds. The molecule has 0 atom stereocenters. The van der Waals surface area contributed by atoms with E-state index in [1.807, 2.05) is 19.9 Å². The van der Waals surface area contributed by atoms with Gasteiger partial charge in [-0.2, -0.15) is 0 Å². The SMILES string of the molecule is CC(C)c1ccc(NC(=O)OC(C)(C)C)cc1NC(=O)CCl. The number of hydrogen-bond donors (Lipinski definition) is 2. The molecule has 1 aromatic rings. The van der Waals surface area contributed by atoms with Crippen LogP contribution < -0.4 is 10.6 Å². The topological polar surface area (TPSA) is 67.4 Å². The van der Waals surface area contributed by atoms with E-state index in [1.54, 1.807) is 32.9 Å². The van der Waals surface area contributed by atoms with Crippen molar-refractivity contribution in [1.29, 1.82) is 0 Å². The standard InChI is InChI=1S/C16H23ClN2O3/c1-10(2)12-7-6-11(8-13(12)19-14(20)9-17)18-15(21)22-16(3,4)5/h6-8,10H,9H2,1-5H3,(H,18,21)(H,19,20). The van der Waals surface area contributed by atoms with Crippen LogP contribution in [0.1, 0.15) is 46.1 Å². The number of rotatable bonds is 4. The number of carbonyl (C=O) groups excluding carboxylic acids is 2. The number of amides is 2. The Kier molecular flexibility index (Phi) is 6.23. The van der Waals surface area contributed by atoms with E-state index in [-0.39, 0.29) is 17.7 Å². The molecule has 0 saturated carbocycles. The van der Waals surface area contributed by atoms with Crippen LogP contribution in [0.5, 0.6) is 0 Å². The van der Waals surface area contributed by atoms with E-state index in [1.165, 1.54) is 0 Å². The lowest BCUT2D eigenvalue weighted by atomic mass is 10.0. The summed E-state index contributed by atoms with van der Waals surface area (Å²) in [5, 5.41) is 5.39. The molecule has 0 radical (unpaired) electrons. The highest BCUT2D eigenvalue weighted by atomic mass is 35.5. The van der Waals surface area contributed by atoms with Crippen LogP contribution in [-0.2, 0) is 9.53 Å². The van der Waals surface area contributed by atoms with Gasteiger partial charge in [-0.25, -0.2) is 4.79 Å². The lowest BCUT2D eigenvalue weighted by Crippen LogP contribution is -2.27. The van der Waals surface area contributed by atoms with Crippen LogP contribution in [0.2, 0.25) is 0 Å². The van der Waals surface area contributed by atoms with E-state index in [2.05, 4.69) is 10.6 Å². The zero-order valence-corrected chi connectivity index (χ0v) is 14.4. The first-order valence-corrected chi connectivity index (χ1v) is 7.65. The van der Waals surface area contributed by atoms with Gasteiger partial charge >= 0.3 is 6.09 Å². The van der Waals surface area contributed by atoms with Gasteiger partial charge in [-0.15, -0.1) is 11.6 Å². The first-order valence-electron chi connectivity index (χ1n) is 7.12. The normalized spacial score (nSPS) is 11.2. The van der Waals surface area contributed by atoms with Crippen molar-refractivity contribution in [3.63, 3.8) is 0 Å². The molecule has 0 aliphatic rings. The molecule has 0 heterocycles. The van der Waals surface area contributed by atoms with Gasteiger partial charge < -0.3 is 10.1 Å². The Morgan fingerprint density at radius 1 is 1.23 bits per heavy atom. The predicted molar refractivity (Wildman–Crippen MR) is 89.7 cm³/mol. The average Bonchev–Trinajstić information content (AvgIpc) is 2.36. The van der Waals surface area contributed by atoms with Crippen molar-refractivity contribution in [3.05, 3.63) is 23.8 Å². The van der Waals surface area contributed by atoms with Crippen molar-refractivity contribution >= 4 is 35.0 Å². The maximum Gasteiger partial charge on any atom is 0.412 e. The molecule has 0 aromatic heterocycles. The quantitative estimate of drug-likeness (QED) is 0.809. The number of anilines is 2. The van der Waals surface area contributed by atoms with Gasteiger partial charge in [-0.3, -0.25) is 10.1 Å². The molecule has 0 unspecified atom stereocenters. The molecule has 1 aromatic carbocycles. The third-order valence-electron chi connectivity index (χ3n) is 2.72. The molecule has 2 N–H and O–H groups in total. The van der Waals surface area contributed by atoms with E-state index in [9.17, 15) is 9.59 Å². The van der Waals surface area contributed by atoms with Crippen molar-refractivity contribution in [2.24, 2.45) is 0 Å². The molecule has 6 heteroatoms. The van der Waals surface area contributed by atoms with Crippen molar-refractivity contribution < 1.29 is 14.3 Å². The molecule has 1 rings (SSSR count). The van der Waals surface area contributed by atoms with Gasteiger partial charge in [0.05, 0.1) is 0 Å². The summed E-state index contributed by atoms with van der Waals surface area (Å²) in [7, 11) is 0. The third kappa shape index (κ3) is 5.93. The number of ether oxygens (including phenoxy) is 1. The zero-order chi connectivity index (χ0) is 16.9. The Hall–Kier alpha value is -1.75. The number of carbonyl (C=O) groups is 2. The zero-order valence-electron chi connectivity index (χ0n) is 13.6. The summed E-state index contributed by atoms with van der Waals surface area (Å²) in [6.07, 6.45) is -0.542. The van der Waals surface area contributed by atoms with Crippen LogP contribution in [0.25, 0.3) is 0 Å². The number of benzene rings is 1. The molecule has 5 nitrogen and oxygen atoms in total. The molecule has 0 spiro atoms. The fourth-order valence-electron chi connectivity index (χ4n) is 1.85. The van der Waals surface area contributed by atoms with E-state index < -0.39 is 11.7 Å². The fraction of sp³-hybridized carbons (Fsp3) is 0.500. The van der Waals surface area contributed by atoms with Crippen molar-refractivity contribution in [1.82, 2.24) is 0 Å². The van der Waals surface area contributed by atoms with Gasteiger partial charge in [0.2, 0.25) is 5.91 Å². The minimum Gasteiger partial charge on any atom is -0.444 e. The molecular formula is C16H23ClN2O3. The van der Waals surface area contributed by atoms with Crippen molar-refractivity contribution in [3.8, 4) is 0 Å². The van der Waals surface area contributed by atoms with Crippen molar-refractivity contribution in [2.45, 2.75) is 46.1 Å². The van der Waals surface area contributed by atoms with E-state index in [0.29, 0.717) is 11.4 Å². The predicted octanol–water partition coefficient (Wildman–Crippen LogP) is 4.33. The maximum absolute atomic E-state index is 11.8. The van der Waals surface area contributed by atoms with Gasteiger partial charge in [0.15, 0.2) is 0 Å². The minimum atomic E-state index is -0.572. The number of hydrogen-bond acceptors (Lipinski definition) is 3. The highest BCUT2D eigenvalue weighted by Gasteiger charge is 2.17. The van der Waals surface area contributed by atoms with E-state index in [4.69, 9.17) is 16.3 Å². The summed E-state index contributed by atoms with van der Waals surface area (Å²) < 4.78 is 5.20. The Morgan fingerprint density at radius 3 is 2.36 bits per heavy atom. The second kappa shape index (κ2) is 7.49. The Labute approximate surface area is 136 Å². The lowest BCUT2D eigenvalue weighted by molar-refractivity contribution is -0.113. The van der Waals surface area contributed by atoms with E-state index in [0.717, 1.165) is 5.56 Å². The molecule has 0 aliphatic heterocycles. The molecule has 22 heavy (non-hydrogen) atoms. The smallest absolute Gasteiger partial charge is 0.412 e. The summed E-state index contributed by atoms with van der Waals surface area (Å²) in [4.78, 5) is 23.3. The molecule has 0 bridgehead atoms. The third-order valence-corrected chi connectivity index (χ3v) is 2.96. The summed E-state index contributed by atoms with van der Waals surface area (Å²) in [6.45, 7) is 9.42. The Morgan fingerprint density at radius 2 is 1.86 bits per heavy atom. The number of alkyl halides is 1. The summed E-state index contributed by atoms with van der Waals surface area (Å²) in [5.41, 5.74) is 1.57. The highest BCUT2D eigenvalue weighted by molar-refractivity contribution is 6.29. The first-order chi connectivity index (χ1) is 10.1. The van der Waals surface area contributed by atoms with Crippen LogP contribution in [0.3, 0.4) is 0 Å². The summed E-state index contributed by atoms with van der Waals surface area (Å²) in [5.74, 6) is -0.194. The van der Waals surface area contributed by atoms with Gasteiger partial charge in [-0.05, 0) is 44.4 Å². The van der Waals surface area contributed by atoms with Crippen LogP contribution in [0.4, 0.5) is 16.2 Å². The largest absolute Gasteiger partial charge is 0.444 e. The highest BCUT2D eigenvalue weighted by Crippen LogP contribution is 2.28. The van der Waals surface area contributed by atoms with Crippen LogP contribution in [0.15, 0.2) is 18.2 Å². The lowest BCUT2D eigenvalue weighted by Gasteiger charge is -2.20. The van der Waals surface area contributed by atoms with Crippen LogP contribution in [-0.4, -0.2) is 23.5 Å². The first kappa shape index (κ1) is 18.3. The van der Waals surface area contributed by atoms with E-state index >= 15 is 0 Å². The molecule has 0 saturated heterocycles. The average molecular weight is 327 g/mol. The number of halogens is 1. The monoisotopic (exact) mass is 326 g/mol. The molecular weight excluding hydrogens is 304 g/mol. The van der Waals surface area contributed by atoms with Crippen molar-refractivity contribution in [2.75, 3.05) is 16.5 Å². The van der Waals surface area contributed by atoms with Crippen LogP contribution >= 0.6 is 11.6 Å². The van der Waals surface area contributed by atoms with Gasteiger partial charge in [0.25, 0.3) is 0 Å².